The number of hydrogen-bond donors (Lipinski definition) is 2. The summed E-state index contributed by atoms with van der Waals surface area (Å²) >= 11 is 0. The molecule has 1 radical (unpaired) electrons. The van der Waals surface area contributed by atoms with Gasteiger partial charge in [-0.15, -0.1) is 0 Å². The SMILES string of the molecule is N[C@@H](CCC(=O)[O-])C(=O)[O-].N[C@@H](CCC(=O)[O-])C(=O)[O-].[Co]. The smallest absolute Gasteiger partial charge is 0.0582 e. The van der Waals surface area contributed by atoms with E-state index in [0.717, 1.165) is 0 Å². The van der Waals surface area contributed by atoms with E-state index < -0.39 is 36.0 Å². The molecule has 0 aliphatic rings. The molecule has 0 rings (SSSR count). The van der Waals surface area contributed by atoms with E-state index >= 15 is 0 Å². The van der Waals surface area contributed by atoms with Crippen molar-refractivity contribution in [1.29, 1.82) is 0 Å². The van der Waals surface area contributed by atoms with Gasteiger partial charge in [-0.05, 0) is 25.7 Å². The molecule has 0 spiro atoms. The van der Waals surface area contributed by atoms with E-state index in [4.69, 9.17) is 11.5 Å². The fourth-order valence-corrected chi connectivity index (χ4v) is 0.782. The van der Waals surface area contributed by atoms with Crippen LogP contribution in [-0.2, 0) is 36.0 Å². The molecule has 0 bridgehead atoms. The number of carboxylic acids is 4. The van der Waals surface area contributed by atoms with Crippen LogP contribution >= 0.6 is 0 Å². The molecule has 0 heterocycles. The number of aliphatic carboxylic acids is 4. The molecule has 0 fully saturated rings. The second-order valence-electron chi connectivity index (χ2n) is 3.67. The second kappa shape index (κ2) is 13.3. The number of nitrogens with two attached hydrogens (primary N) is 2. The summed E-state index contributed by atoms with van der Waals surface area (Å²) < 4.78 is 0. The van der Waals surface area contributed by atoms with Gasteiger partial charge < -0.3 is 51.1 Å². The average molecular weight is 349 g/mol. The summed E-state index contributed by atoms with van der Waals surface area (Å²) in [6, 6.07) is -2.42. The minimum absolute atomic E-state index is 0. The van der Waals surface area contributed by atoms with Gasteiger partial charge in [-0.2, -0.15) is 0 Å². The van der Waals surface area contributed by atoms with Crippen molar-refractivity contribution in [3.05, 3.63) is 0 Å². The quantitative estimate of drug-likeness (QED) is 0.422. The monoisotopic (exact) mass is 349 g/mol. The Morgan fingerprint density at radius 2 is 0.952 bits per heavy atom. The van der Waals surface area contributed by atoms with Gasteiger partial charge in [0.05, 0.1) is 11.9 Å². The Morgan fingerprint density at radius 1 is 0.714 bits per heavy atom. The Kier molecular flexibility index (Phi) is 15.4. The number of rotatable bonds is 8. The van der Waals surface area contributed by atoms with Gasteiger partial charge in [-0.25, -0.2) is 0 Å². The third kappa shape index (κ3) is 18.3. The van der Waals surface area contributed by atoms with Gasteiger partial charge >= 0.3 is 0 Å². The molecule has 10 nitrogen and oxygen atoms in total. The molecular formula is C10H14CoN2O8-4. The van der Waals surface area contributed by atoms with Crippen LogP contribution in [0.2, 0.25) is 0 Å². The fraction of sp³-hybridized carbons (Fsp3) is 0.600. The zero-order valence-corrected chi connectivity index (χ0v) is 11.8. The zero-order chi connectivity index (χ0) is 16.3. The van der Waals surface area contributed by atoms with Crippen molar-refractivity contribution in [2.24, 2.45) is 11.5 Å². The molecule has 0 aromatic carbocycles. The second-order valence-corrected chi connectivity index (χ2v) is 3.67. The van der Waals surface area contributed by atoms with Crippen molar-refractivity contribution in [3.8, 4) is 0 Å². The summed E-state index contributed by atoms with van der Waals surface area (Å²) in [5.41, 5.74) is 9.82. The molecule has 21 heavy (non-hydrogen) atoms. The predicted octanol–water partition coefficient (Wildman–Crippen LogP) is -6.82. The topological polar surface area (TPSA) is 213 Å². The van der Waals surface area contributed by atoms with Crippen LogP contribution in [0.4, 0.5) is 0 Å². The van der Waals surface area contributed by atoms with Crippen LogP contribution in [-0.4, -0.2) is 36.0 Å². The van der Waals surface area contributed by atoms with Crippen molar-refractivity contribution < 1.29 is 56.4 Å². The minimum Gasteiger partial charge on any atom is -0.550 e. The van der Waals surface area contributed by atoms with Crippen molar-refractivity contribution in [2.75, 3.05) is 0 Å². The first kappa shape index (κ1) is 24.3. The number of hydrogen-bond acceptors (Lipinski definition) is 10. The Balaban J connectivity index is -0.000000295. The zero-order valence-electron chi connectivity index (χ0n) is 10.7. The molecule has 0 amide bonds. The van der Waals surface area contributed by atoms with Crippen molar-refractivity contribution in [2.45, 2.75) is 37.8 Å². The van der Waals surface area contributed by atoms with E-state index in [-0.39, 0.29) is 42.5 Å². The summed E-state index contributed by atoms with van der Waals surface area (Å²) in [6.45, 7) is 0. The van der Waals surface area contributed by atoms with Gasteiger partial charge in [0.25, 0.3) is 0 Å². The van der Waals surface area contributed by atoms with Crippen LogP contribution in [0.3, 0.4) is 0 Å². The third-order valence-corrected chi connectivity index (χ3v) is 1.92. The molecule has 4 N–H and O–H groups in total. The normalized spacial score (nSPS) is 11.9. The maximum Gasteiger partial charge on any atom is 0.0582 e. The fourth-order valence-electron chi connectivity index (χ4n) is 0.782. The van der Waals surface area contributed by atoms with E-state index in [9.17, 15) is 39.6 Å². The summed E-state index contributed by atoms with van der Waals surface area (Å²) in [6.07, 6.45) is -1.00. The number of carbonyl (C=O) groups excluding carboxylic acids is 4. The largest absolute Gasteiger partial charge is 0.550 e. The van der Waals surface area contributed by atoms with E-state index in [0.29, 0.717) is 0 Å². The Morgan fingerprint density at radius 3 is 1.10 bits per heavy atom. The molecule has 2 atom stereocenters. The molecule has 0 aromatic heterocycles. The van der Waals surface area contributed by atoms with Crippen molar-refractivity contribution in [3.63, 3.8) is 0 Å². The van der Waals surface area contributed by atoms with E-state index in [1.165, 1.54) is 0 Å². The van der Waals surface area contributed by atoms with Gasteiger partial charge in [-0.1, -0.05) is 0 Å². The molecule has 0 saturated heterocycles. The van der Waals surface area contributed by atoms with Crippen LogP contribution in [0.25, 0.3) is 0 Å². The first-order chi connectivity index (χ1) is 9.07. The molecule has 0 saturated carbocycles. The van der Waals surface area contributed by atoms with Gasteiger partial charge in [0.2, 0.25) is 0 Å². The summed E-state index contributed by atoms with van der Waals surface area (Å²) in [4.78, 5) is 39.2. The molecular weight excluding hydrogens is 335 g/mol. The van der Waals surface area contributed by atoms with Gasteiger partial charge in [0, 0.05) is 40.8 Å². The summed E-state index contributed by atoms with van der Waals surface area (Å²) in [7, 11) is 0. The minimum atomic E-state index is -1.44. The van der Waals surface area contributed by atoms with Crippen LogP contribution < -0.4 is 31.9 Å². The number of carbonyl (C=O) groups is 4. The first-order valence-corrected chi connectivity index (χ1v) is 5.40. The molecule has 0 aliphatic heterocycles. The Hall–Kier alpha value is -1.69. The van der Waals surface area contributed by atoms with Crippen molar-refractivity contribution in [1.82, 2.24) is 0 Å². The summed E-state index contributed by atoms with van der Waals surface area (Å²) in [5.74, 6) is -5.50. The Bertz CT molecular complexity index is 329. The molecule has 0 unspecified atom stereocenters. The van der Waals surface area contributed by atoms with Gasteiger partial charge in [0.15, 0.2) is 0 Å². The number of carboxylic acid groups (broad SMARTS) is 4. The summed E-state index contributed by atoms with van der Waals surface area (Å²) in [5, 5.41) is 39.2. The maximum absolute atomic E-state index is 9.86. The predicted molar refractivity (Wildman–Crippen MR) is 54.4 cm³/mol. The standard InChI is InChI=1S/2C5H9NO4.Co/c2*6-3(5(9)10)1-2-4(7)8;/h2*3H,1-2,6H2,(H,7,8)(H,9,10);/p-4/t2*3-;/m00./s1. The maximum atomic E-state index is 9.86. The first-order valence-electron chi connectivity index (χ1n) is 5.40. The van der Waals surface area contributed by atoms with E-state index in [2.05, 4.69) is 0 Å². The van der Waals surface area contributed by atoms with Gasteiger partial charge in [0.1, 0.15) is 0 Å². The van der Waals surface area contributed by atoms with Crippen LogP contribution in [0, 0.1) is 0 Å². The van der Waals surface area contributed by atoms with E-state index in [1.807, 2.05) is 0 Å². The van der Waals surface area contributed by atoms with Crippen LogP contribution in [0.15, 0.2) is 0 Å². The molecule has 125 valence electrons. The Labute approximate surface area is 130 Å². The molecule has 11 heteroatoms. The third-order valence-electron chi connectivity index (χ3n) is 1.92. The van der Waals surface area contributed by atoms with Crippen LogP contribution in [0.1, 0.15) is 25.7 Å². The van der Waals surface area contributed by atoms with Crippen molar-refractivity contribution >= 4 is 23.9 Å². The molecule has 0 aromatic rings. The van der Waals surface area contributed by atoms with Gasteiger partial charge in [-0.3, -0.25) is 0 Å². The molecule has 0 aliphatic carbocycles. The van der Waals surface area contributed by atoms with E-state index in [1.54, 1.807) is 0 Å². The average Bonchev–Trinajstić information content (AvgIpc) is 2.33. The van der Waals surface area contributed by atoms with Crippen LogP contribution in [0.5, 0.6) is 0 Å².